The van der Waals surface area contributed by atoms with Crippen LogP contribution < -0.4 is 10.5 Å². The van der Waals surface area contributed by atoms with Crippen LogP contribution in [0.15, 0.2) is 65.2 Å². The van der Waals surface area contributed by atoms with Crippen molar-refractivity contribution in [2.24, 2.45) is 10.7 Å². The van der Waals surface area contributed by atoms with E-state index >= 15 is 0 Å². The largest absolute Gasteiger partial charge is 0.435 e. The van der Waals surface area contributed by atoms with Crippen LogP contribution in [0.5, 0.6) is 5.75 Å². The summed E-state index contributed by atoms with van der Waals surface area (Å²) in [5.41, 5.74) is 6.25. The zero-order valence-corrected chi connectivity index (χ0v) is 24.0. The monoisotopic (exact) mass is 520 g/mol. The number of carbonyl (C=O) groups is 1. The van der Waals surface area contributed by atoms with Crippen molar-refractivity contribution >= 4 is 12.2 Å². The van der Waals surface area contributed by atoms with E-state index in [1.54, 1.807) is 31.1 Å². The van der Waals surface area contributed by atoms with Gasteiger partial charge in [0.05, 0.1) is 6.07 Å². The van der Waals surface area contributed by atoms with E-state index in [4.69, 9.17) is 11.0 Å². The first-order valence-corrected chi connectivity index (χ1v) is 12.6. The highest BCUT2D eigenvalue weighted by molar-refractivity contribution is 5.84. The number of nitrogens with zero attached hydrogens (tertiary/aromatic N) is 3. The van der Waals surface area contributed by atoms with Crippen molar-refractivity contribution < 1.29 is 18.3 Å². The molecule has 1 unspecified atom stereocenters. The van der Waals surface area contributed by atoms with E-state index in [9.17, 15) is 13.6 Å². The molecule has 0 radical (unpaired) electrons. The molecule has 0 aromatic heterocycles. The number of alkyl halides is 2. The van der Waals surface area contributed by atoms with Crippen LogP contribution in [-0.4, -0.2) is 37.9 Å². The molecule has 0 aliphatic heterocycles. The Balaban J connectivity index is -0.00000179. The first-order valence-electron chi connectivity index (χ1n) is 12.6. The molecule has 0 saturated carbocycles. The van der Waals surface area contributed by atoms with Crippen LogP contribution >= 0.6 is 0 Å². The van der Waals surface area contributed by atoms with Gasteiger partial charge in [-0.2, -0.15) is 14.0 Å². The summed E-state index contributed by atoms with van der Waals surface area (Å²) in [4.78, 5) is 18.2. The Morgan fingerprint density at radius 1 is 1.19 bits per heavy atom. The molecule has 0 fully saturated rings. The molecular weight excluding hydrogens is 474 g/mol. The first kappa shape index (κ1) is 38.1. The van der Waals surface area contributed by atoms with Crippen LogP contribution in [0.2, 0.25) is 0 Å². The van der Waals surface area contributed by atoms with Gasteiger partial charge in [-0.15, -0.1) is 0 Å². The Morgan fingerprint density at radius 2 is 1.73 bits per heavy atom. The smallest absolute Gasteiger partial charge is 0.387 e. The Labute approximate surface area is 223 Å². The van der Waals surface area contributed by atoms with Crippen LogP contribution in [0.1, 0.15) is 73.3 Å². The number of carbonyl (C=O) groups excluding carboxylic acids is 1. The summed E-state index contributed by atoms with van der Waals surface area (Å²) in [6, 6.07) is 7.71. The fourth-order valence-corrected chi connectivity index (χ4v) is 2.65. The van der Waals surface area contributed by atoms with Crippen molar-refractivity contribution in [3.05, 3.63) is 65.8 Å². The molecule has 2 N–H and O–H groups in total. The van der Waals surface area contributed by atoms with E-state index in [0.29, 0.717) is 23.8 Å². The number of guanidine groups is 1. The minimum atomic E-state index is -2.95. The highest BCUT2D eigenvalue weighted by Crippen LogP contribution is 2.33. The van der Waals surface area contributed by atoms with Gasteiger partial charge < -0.3 is 15.4 Å². The van der Waals surface area contributed by atoms with E-state index in [-0.39, 0.29) is 11.7 Å². The maximum atomic E-state index is 12.4. The summed E-state index contributed by atoms with van der Waals surface area (Å²) >= 11 is 0. The molecule has 6 nitrogen and oxygen atoms in total. The average Bonchev–Trinajstić information content (AvgIpc) is 2.91. The Morgan fingerprint density at radius 3 is 2.16 bits per heavy atom. The lowest BCUT2D eigenvalue weighted by Gasteiger charge is -2.27. The number of rotatable bonds is 11. The number of halogens is 2. The fourth-order valence-electron chi connectivity index (χ4n) is 2.65. The molecule has 0 spiro atoms. The van der Waals surface area contributed by atoms with E-state index in [1.807, 2.05) is 54.5 Å². The third-order valence-electron chi connectivity index (χ3n) is 4.47. The number of aldehydes is 1. The van der Waals surface area contributed by atoms with Gasteiger partial charge in [0.25, 0.3) is 0 Å². The lowest BCUT2D eigenvalue weighted by Crippen LogP contribution is -2.37. The zero-order chi connectivity index (χ0) is 29.4. The summed E-state index contributed by atoms with van der Waals surface area (Å²) in [5, 5.41) is 8.62. The molecule has 37 heavy (non-hydrogen) atoms. The number of unbranched alkanes of at least 4 members (excludes halogenated alkanes) is 1. The highest BCUT2D eigenvalue weighted by Gasteiger charge is 2.34. The summed E-state index contributed by atoms with van der Waals surface area (Å²) in [6.07, 6.45) is 7.91. The lowest BCUT2D eigenvalue weighted by molar-refractivity contribution is -0.111. The number of ether oxygens (including phenoxy) is 1. The number of nitriles is 1. The second-order valence-electron chi connectivity index (χ2n) is 7.06. The topological polar surface area (TPSA) is 91.7 Å². The highest BCUT2D eigenvalue weighted by atomic mass is 19.3. The van der Waals surface area contributed by atoms with Gasteiger partial charge >= 0.3 is 6.61 Å². The third-order valence-corrected chi connectivity index (χ3v) is 4.47. The molecule has 0 aliphatic carbocycles. The summed E-state index contributed by atoms with van der Waals surface area (Å²) in [6.45, 7) is 15.0. The zero-order valence-electron chi connectivity index (χ0n) is 24.0. The molecule has 8 heteroatoms. The van der Waals surface area contributed by atoms with E-state index in [1.165, 1.54) is 24.3 Å². The van der Waals surface area contributed by atoms with Crippen LogP contribution in [0.25, 0.3) is 0 Å². The summed E-state index contributed by atoms with van der Waals surface area (Å²) < 4.78 is 29.3. The van der Waals surface area contributed by atoms with Crippen molar-refractivity contribution in [3.8, 4) is 11.8 Å². The van der Waals surface area contributed by atoms with Gasteiger partial charge in [-0.05, 0) is 43.0 Å². The summed E-state index contributed by atoms with van der Waals surface area (Å²) in [7, 11) is 3.36. The van der Waals surface area contributed by atoms with Crippen molar-refractivity contribution in [3.63, 3.8) is 0 Å². The Hall–Kier alpha value is -3.47. The van der Waals surface area contributed by atoms with E-state index in [2.05, 4.69) is 22.4 Å². The maximum absolute atomic E-state index is 12.4. The van der Waals surface area contributed by atoms with E-state index in [0.717, 1.165) is 18.4 Å². The first-order chi connectivity index (χ1) is 17.7. The third kappa shape index (κ3) is 14.6. The number of aliphatic imine (C=N–C) groups is 1. The molecule has 0 aliphatic rings. The van der Waals surface area contributed by atoms with Crippen LogP contribution in [-0.2, 0) is 10.3 Å². The standard InChI is InChI=1S/C23H28F2N4O2.3C2H6/c1-17(8-5-6-15-26)9-7-10-18(2)23(16-30,28-22(27)29(3)4)19-11-13-20(14-12-19)31-21(24)25;3*1-2/h7,9-14,16,21H,2,5-6,8H2,1,3-4H3,(H2,27,28);3*1-2H3/b10-7-,17-9+;;;. The number of allylic oxidation sites excluding steroid dienone is 3. The van der Waals surface area contributed by atoms with Crippen LogP contribution in [0.3, 0.4) is 0 Å². The number of hydrogen-bond acceptors (Lipinski definition) is 4. The van der Waals surface area contributed by atoms with Crippen molar-refractivity contribution in [2.45, 2.75) is 79.9 Å². The minimum Gasteiger partial charge on any atom is -0.435 e. The second kappa shape index (κ2) is 23.0. The molecule has 0 bridgehead atoms. The quantitative estimate of drug-likeness (QED) is 0.108. The fraction of sp³-hybridized carbons (Fsp3) is 0.483. The molecule has 0 saturated heterocycles. The van der Waals surface area contributed by atoms with Gasteiger partial charge in [-0.3, -0.25) is 4.79 Å². The number of hydrogen-bond donors (Lipinski definition) is 1. The van der Waals surface area contributed by atoms with Gasteiger partial charge in [-0.1, -0.05) is 84.1 Å². The molecule has 0 amide bonds. The number of nitrogens with two attached hydrogens (primary N) is 1. The second-order valence-corrected chi connectivity index (χ2v) is 7.06. The molecule has 1 aromatic carbocycles. The van der Waals surface area contributed by atoms with Crippen molar-refractivity contribution in [1.29, 1.82) is 5.26 Å². The molecular formula is C29H46F2N4O2. The molecule has 1 atom stereocenters. The molecule has 1 rings (SSSR count). The van der Waals surface area contributed by atoms with Gasteiger partial charge in [-0.25, -0.2) is 4.99 Å². The van der Waals surface area contributed by atoms with E-state index < -0.39 is 12.2 Å². The molecule has 1 aromatic rings. The molecule has 0 heterocycles. The van der Waals surface area contributed by atoms with Crippen molar-refractivity contribution in [1.82, 2.24) is 4.90 Å². The predicted molar refractivity (Wildman–Crippen MR) is 152 cm³/mol. The van der Waals surface area contributed by atoms with Gasteiger partial charge in [0, 0.05) is 20.5 Å². The summed E-state index contributed by atoms with van der Waals surface area (Å²) in [5.74, 6) is 0.0537. The maximum Gasteiger partial charge on any atom is 0.387 e. The van der Waals surface area contributed by atoms with Gasteiger partial charge in [0.15, 0.2) is 17.8 Å². The Kier molecular flexibility index (Phi) is 23.6. The van der Waals surface area contributed by atoms with Crippen LogP contribution in [0, 0.1) is 11.3 Å². The Bertz CT molecular complexity index is 886. The lowest BCUT2D eigenvalue weighted by atomic mass is 9.84. The van der Waals surface area contributed by atoms with Crippen LogP contribution in [0.4, 0.5) is 8.78 Å². The SMILES string of the molecule is C=C(/C=C\C=C(/C)CCCC#N)C(C=O)(N=C(N)N(C)C)c1ccc(OC(F)F)cc1.CC.CC.CC. The minimum absolute atomic E-state index is 0.0415. The van der Waals surface area contributed by atoms with Crippen molar-refractivity contribution in [2.75, 3.05) is 14.1 Å². The number of benzene rings is 1. The molecule has 208 valence electrons. The predicted octanol–water partition coefficient (Wildman–Crippen LogP) is 7.39. The normalized spacial score (nSPS) is 12.4. The van der Waals surface area contributed by atoms with Gasteiger partial charge in [0.1, 0.15) is 5.75 Å². The average molecular weight is 521 g/mol. The van der Waals surface area contributed by atoms with Gasteiger partial charge in [0.2, 0.25) is 0 Å².